The lowest BCUT2D eigenvalue weighted by Gasteiger charge is -2.09. The first-order valence-corrected chi connectivity index (χ1v) is 20.9. The van der Waals surface area contributed by atoms with Gasteiger partial charge < -0.3 is 62.9 Å². The molecule has 0 N–H and O–H groups in total. The van der Waals surface area contributed by atoms with Gasteiger partial charge in [0.1, 0.15) is 0 Å². The van der Waals surface area contributed by atoms with Gasteiger partial charge in [-0.25, -0.2) is 0 Å². The van der Waals surface area contributed by atoms with Crippen LogP contribution in [-0.4, -0.2) is 93.8 Å². The zero-order valence-corrected chi connectivity index (χ0v) is 33.7. The molecule has 0 amide bonds. The molecule has 5 rings (SSSR count). The van der Waals surface area contributed by atoms with E-state index in [1.165, 1.54) is 14.3 Å². The first-order chi connectivity index (χ1) is 25.9. The van der Waals surface area contributed by atoms with E-state index >= 15 is 0 Å². The molecule has 1 heterocycles. The maximum atomic E-state index is 9.75. The van der Waals surface area contributed by atoms with E-state index in [0.717, 1.165) is 0 Å². The lowest BCUT2D eigenvalue weighted by atomic mass is 10.3. The van der Waals surface area contributed by atoms with Gasteiger partial charge in [-0.1, -0.05) is 72.8 Å². The number of hydrogen-bond acceptors (Lipinski definition) is 6. The summed E-state index contributed by atoms with van der Waals surface area (Å²) in [6.07, 6.45) is 0. The van der Waals surface area contributed by atoms with Gasteiger partial charge in [0.25, 0.3) is 0 Å². The number of benzene rings is 4. The maximum Gasteiger partial charge on any atom is 0.673 e. The highest BCUT2D eigenvalue weighted by Gasteiger charge is 2.21. The number of hydrogen-bond donors (Lipinski definition) is 0. The molecule has 0 radical (unpaired) electrons. The fourth-order valence-electron chi connectivity index (χ4n) is 3.48. The van der Waals surface area contributed by atoms with Gasteiger partial charge in [-0.2, -0.15) is 0 Å². The van der Waals surface area contributed by atoms with Gasteiger partial charge >= 0.3 is 56.9 Å². The van der Waals surface area contributed by atoms with Crippen LogP contribution in [0.25, 0.3) is 0 Å². The van der Waals surface area contributed by atoms with Crippen LogP contribution in [0.3, 0.4) is 0 Å². The molecule has 4 aromatic rings. The van der Waals surface area contributed by atoms with Gasteiger partial charge in [0.2, 0.25) is 0 Å². The van der Waals surface area contributed by atoms with Crippen LogP contribution in [0, 0.1) is 14.3 Å². The van der Waals surface area contributed by atoms with Crippen LogP contribution in [0.15, 0.2) is 121 Å². The molecule has 0 unspecified atom stereocenters. The van der Waals surface area contributed by atoms with Gasteiger partial charge in [-0.05, 0) is 48.5 Å². The maximum absolute atomic E-state index is 9.75. The van der Waals surface area contributed by atoms with Crippen molar-refractivity contribution in [2.75, 3.05) is 79.3 Å². The van der Waals surface area contributed by atoms with Gasteiger partial charge in [-0.3, -0.25) is 0 Å². The van der Waals surface area contributed by atoms with Crippen molar-refractivity contribution in [1.29, 1.82) is 0 Å². The first-order valence-electron chi connectivity index (χ1n) is 16.6. The highest BCUT2D eigenvalue weighted by molar-refractivity contribution is 6.50. The second-order valence-corrected chi connectivity index (χ2v) is 16.1. The molecular formula is C36H44B2F8I2O6. The van der Waals surface area contributed by atoms with Gasteiger partial charge in [0.05, 0.1) is 79.3 Å². The van der Waals surface area contributed by atoms with Crippen molar-refractivity contribution >= 4 is 14.5 Å². The molecule has 4 aromatic carbocycles. The molecule has 0 saturated carbocycles. The van der Waals surface area contributed by atoms with Crippen molar-refractivity contribution in [3.8, 4) is 0 Å². The summed E-state index contributed by atoms with van der Waals surface area (Å²) in [5, 5.41) is 0. The van der Waals surface area contributed by atoms with Crippen molar-refractivity contribution in [1.82, 2.24) is 0 Å². The quantitative estimate of drug-likeness (QED) is 0.178. The predicted octanol–water partition coefficient (Wildman–Crippen LogP) is 2.33. The zero-order chi connectivity index (χ0) is 39.6. The van der Waals surface area contributed by atoms with E-state index in [-0.39, 0.29) is 42.4 Å². The summed E-state index contributed by atoms with van der Waals surface area (Å²) >= 11 is 0.0574. The highest BCUT2D eigenvalue weighted by Crippen LogP contribution is 2.07. The number of halogens is 10. The van der Waals surface area contributed by atoms with Crippen LogP contribution in [0.5, 0.6) is 0 Å². The summed E-state index contributed by atoms with van der Waals surface area (Å²) in [5.41, 5.74) is 0. The molecule has 0 spiro atoms. The Kier molecular flexibility index (Phi) is 30.2. The molecule has 1 aliphatic heterocycles. The molecule has 0 aliphatic carbocycles. The van der Waals surface area contributed by atoms with Crippen LogP contribution in [-0.2, 0) is 28.4 Å². The second kappa shape index (κ2) is 32.9. The molecular weight excluding hydrogens is 956 g/mol. The second-order valence-electron chi connectivity index (χ2n) is 10.0. The molecule has 0 atom stereocenters. The Morgan fingerprint density at radius 3 is 0.537 bits per heavy atom. The third kappa shape index (κ3) is 38.0. The Bertz CT molecular complexity index is 1140. The van der Waals surface area contributed by atoms with Gasteiger partial charge in [0, 0.05) is 0 Å². The Morgan fingerprint density at radius 1 is 0.278 bits per heavy atom. The smallest absolute Gasteiger partial charge is 0.418 e. The summed E-state index contributed by atoms with van der Waals surface area (Å²) in [5.74, 6) is 0. The van der Waals surface area contributed by atoms with Crippen molar-refractivity contribution in [3.63, 3.8) is 0 Å². The molecule has 6 nitrogen and oxygen atoms in total. The van der Waals surface area contributed by atoms with Gasteiger partial charge in [0.15, 0.2) is 14.3 Å². The zero-order valence-electron chi connectivity index (χ0n) is 29.4. The Labute approximate surface area is 332 Å². The van der Waals surface area contributed by atoms with Gasteiger partial charge in [-0.15, -0.1) is 0 Å². The average molecular weight is 1000 g/mol. The van der Waals surface area contributed by atoms with E-state index in [1.54, 1.807) is 0 Å². The summed E-state index contributed by atoms with van der Waals surface area (Å²) in [6.45, 7) is 7.04. The lowest BCUT2D eigenvalue weighted by molar-refractivity contribution is -0.597. The Hall–Kier alpha value is -2.33. The van der Waals surface area contributed by atoms with E-state index < -0.39 is 14.5 Å². The third-order valence-corrected chi connectivity index (χ3v) is 11.0. The molecule has 54 heavy (non-hydrogen) atoms. The Balaban J connectivity index is 0.000000363. The summed E-state index contributed by atoms with van der Waals surface area (Å²) < 4.78 is 116. The molecule has 0 aromatic heterocycles. The molecule has 300 valence electrons. The topological polar surface area (TPSA) is 55.4 Å². The fraction of sp³-hybridized carbons (Fsp3) is 0.333. The summed E-state index contributed by atoms with van der Waals surface area (Å²) in [4.78, 5) is 0. The molecule has 1 aliphatic rings. The predicted molar refractivity (Wildman–Crippen MR) is 186 cm³/mol. The third-order valence-electron chi connectivity index (χ3n) is 5.60. The van der Waals surface area contributed by atoms with E-state index in [1.807, 2.05) is 0 Å². The monoisotopic (exact) mass is 1000 g/mol. The molecule has 18 heteroatoms. The van der Waals surface area contributed by atoms with Crippen LogP contribution in [0.4, 0.5) is 34.5 Å². The lowest BCUT2D eigenvalue weighted by Crippen LogP contribution is -3.61. The van der Waals surface area contributed by atoms with E-state index in [4.69, 9.17) is 28.4 Å². The van der Waals surface area contributed by atoms with E-state index in [0.29, 0.717) is 79.3 Å². The van der Waals surface area contributed by atoms with E-state index in [2.05, 4.69) is 121 Å². The SMILES string of the molecule is C1COCCOCCOCCOCCOCCO1.F[B-](F)(F)F.F[B-](F)(F)F.c1ccc([I+]c2ccccc2)cc1.c1ccc([I+]c2ccccc2)cc1. The standard InChI is InChI=1S/2C12H10I.C12H24O6.2BF4/c2*1-3-7-11(8-4-1)13-12-9-5-2-6-10-12;1-2-14-5-6-16-9-10-18-12-11-17-8-7-15-4-3-13-1;2*2-1(3,4)5/h2*1-10H;1-12H2;;/q2*+1;;2*-1. The minimum atomic E-state index is -6.00. The van der Waals surface area contributed by atoms with Crippen molar-refractivity contribution < 1.29 is 105 Å². The van der Waals surface area contributed by atoms with Crippen molar-refractivity contribution in [3.05, 3.63) is 136 Å². The number of ether oxygens (including phenoxy) is 6. The van der Waals surface area contributed by atoms with Crippen LogP contribution in [0.2, 0.25) is 0 Å². The summed E-state index contributed by atoms with van der Waals surface area (Å²) in [7, 11) is -12.0. The van der Waals surface area contributed by atoms with Crippen LogP contribution >= 0.6 is 0 Å². The van der Waals surface area contributed by atoms with Crippen molar-refractivity contribution in [2.45, 2.75) is 0 Å². The van der Waals surface area contributed by atoms with Crippen molar-refractivity contribution in [2.24, 2.45) is 0 Å². The normalized spacial score (nSPS) is 15.0. The largest absolute Gasteiger partial charge is 0.673 e. The number of rotatable bonds is 4. The molecule has 1 fully saturated rings. The average Bonchev–Trinajstić information content (AvgIpc) is 3.13. The minimum absolute atomic E-state index is 0.0287. The minimum Gasteiger partial charge on any atom is -0.418 e. The first kappa shape index (κ1) is 49.7. The fourth-order valence-corrected chi connectivity index (χ4v) is 8.02. The van der Waals surface area contributed by atoms with Crippen LogP contribution in [0.1, 0.15) is 0 Å². The Morgan fingerprint density at radius 2 is 0.407 bits per heavy atom. The summed E-state index contributed by atoms with van der Waals surface area (Å²) in [6, 6.07) is 42.8. The van der Waals surface area contributed by atoms with E-state index in [9.17, 15) is 34.5 Å². The molecule has 1 saturated heterocycles. The highest BCUT2D eigenvalue weighted by atomic mass is 127. The molecule has 0 bridgehead atoms. The van der Waals surface area contributed by atoms with Crippen LogP contribution < -0.4 is 42.4 Å².